The number of sulfonamides is 1. The number of hydrogen-bond acceptors (Lipinski definition) is 3. The fourth-order valence-electron chi connectivity index (χ4n) is 2.55. The van der Waals surface area contributed by atoms with Gasteiger partial charge >= 0.3 is 0 Å². The van der Waals surface area contributed by atoms with Crippen LogP contribution in [-0.4, -0.2) is 31.9 Å². The zero-order valence-electron chi connectivity index (χ0n) is 13.4. The molecule has 0 saturated carbocycles. The van der Waals surface area contributed by atoms with Crippen molar-refractivity contribution in [2.45, 2.75) is 50.5 Å². The fourth-order valence-corrected chi connectivity index (χ4v) is 4.02. The molecule has 0 bridgehead atoms. The van der Waals surface area contributed by atoms with Gasteiger partial charge in [-0.25, -0.2) is 8.42 Å². The summed E-state index contributed by atoms with van der Waals surface area (Å²) in [5.41, 5.74) is 7.03. The van der Waals surface area contributed by atoms with Gasteiger partial charge in [-0.15, -0.1) is 12.4 Å². The van der Waals surface area contributed by atoms with Gasteiger partial charge in [0, 0.05) is 19.1 Å². The standard InChI is InChI=1S/C16H26N2O2S.ClH/c1-13(2)3-4-14-5-7-16(8-6-14)21(19,20)18-11-9-15(17)10-12-18;/h5-8,13,15H,3-4,9-12,17H2,1-2H3;1H. The van der Waals surface area contributed by atoms with Gasteiger partial charge in [-0.2, -0.15) is 4.31 Å². The van der Waals surface area contributed by atoms with E-state index in [-0.39, 0.29) is 18.4 Å². The van der Waals surface area contributed by atoms with Gasteiger partial charge in [-0.1, -0.05) is 26.0 Å². The Morgan fingerprint density at radius 3 is 2.23 bits per heavy atom. The van der Waals surface area contributed by atoms with E-state index in [2.05, 4.69) is 13.8 Å². The number of halogens is 1. The lowest BCUT2D eigenvalue weighted by molar-refractivity contribution is 0.320. The normalized spacial score (nSPS) is 17.5. The summed E-state index contributed by atoms with van der Waals surface area (Å²) in [6, 6.07) is 7.48. The number of benzene rings is 1. The Labute approximate surface area is 140 Å². The van der Waals surface area contributed by atoms with Crippen molar-refractivity contribution in [2.75, 3.05) is 13.1 Å². The molecule has 1 aromatic carbocycles. The van der Waals surface area contributed by atoms with Crippen molar-refractivity contribution in [3.05, 3.63) is 29.8 Å². The first kappa shape index (κ1) is 19.4. The molecule has 1 aliphatic heterocycles. The van der Waals surface area contributed by atoms with Gasteiger partial charge in [0.05, 0.1) is 4.90 Å². The first-order valence-corrected chi connectivity index (χ1v) is 9.18. The lowest BCUT2D eigenvalue weighted by Gasteiger charge is -2.29. The van der Waals surface area contributed by atoms with Crippen molar-refractivity contribution in [2.24, 2.45) is 11.7 Å². The van der Waals surface area contributed by atoms with E-state index in [0.717, 1.165) is 25.7 Å². The summed E-state index contributed by atoms with van der Waals surface area (Å²) in [6.07, 6.45) is 3.60. The second-order valence-corrected chi connectivity index (χ2v) is 8.26. The van der Waals surface area contributed by atoms with Crippen LogP contribution in [0.15, 0.2) is 29.2 Å². The number of piperidine rings is 1. The highest BCUT2D eigenvalue weighted by Gasteiger charge is 2.27. The van der Waals surface area contributed by atoms with Crippen LogP contribution in [0.4, 0.5) is 0 Å². The van der Waals surface area contributed by atoms with Crippen molar-refractivity contribution in [1.82, 2.24) is 4.31 Å². The predicted molar refractivity (Wildman–Crippen MR) is 92.8 cm³/mol. The van der Waals surface area contributed by atoms with Crippen molar-refractivity contribution >= 4 is 22.4 Å². The maximum absolute atomic E-state index is 12.6. The molecule has 2 rings (SSSR count). The number of rotatable bonds is 5. The Hall–Kier alpha value is -0.620. The SMILES string of the molecule is CC(C)CCc1ccc(S(=O)(=O)N2CCC(N)CC2)cc1.Cl. The predicted octanol–water partition coefficient (Wildman–Crippen LogP) is 2.81. The zero-order chi connectivity index (χ0) is 15.5. The van der Waals surface area contributed by atoms with Crippen LogP contribution in [0.5, 0.6) is 0 Å². The lowest BCUT2D eigenvalue weighted by Crippen LogP contribution is -2.42. The fraction of sp³-hybridized carbons (Fsp3) is 0.625. The summed E-state index contributed by atoms with van der Waals surface area (Å²) in [5.74, 6) is 0.658. The third kappa shape index (κ3) is 4.95. The van der Waals surface area contributed by atoms with Crippen molar-refractivity contribution in [3.8, 4) is 0 Å². The molecule has 0 unspecified atom stereocenters. The van der Waals surface area contributed by atoms with Crippen LogP contribution in [0.25, 0.3) is 0 Å². The molecular formula is C16H27ClN2O2S. The summed E-state index contributed by atoms with van der Waals surface area (Å²) in [7, 11) is -3.36. The van der Waals surface area contributed by atoms with Crippen molar-refractivity contribution in [1.29, 1.82) is 0 Å². The molecular weight excluding hydrogens is 320 g/mol. The highest BCUT2D eigenvalue weighted by molar-refractivity contribution is 7.89. The molecule has 4 nitrogen and oxygen atoms in total. The number of hydrogen-bond donors (Lipinski definition) is 1. The van der Waals surface area contributed by atoms with E-state index >= 15 is 0 Å². The van der Waals surface area contributed by atoms with Gasteiger partial charge in [0.25, 0.3) is 0 Å². The van der Waals surface area contributed by atoms with Crippen LogP contribution in [-0.2, 0) is 16.4 Å². The first-order chi connectivity index (χ1) is 9.89. The molecule has 22 heavy (non-hydrogen) atoms. The van der Waals surface area contributed by atoms with Crippen LogP contribution in [0.1, 0.15) is 38.7 Å². The van der Waals surface area contributed by atoms with Gasteiger partial charge in [-0.3, -0.25) is 0 Å². The molecule has 126 valence electrons. The summed E-state index contributed by atoms with van der Waals surface area (Å²) >= 11 is 0. The van der Waals surface area contributed by atoms with E-state index in [1.54, 1.807) is 16.4 Å². The average Bonchev–Trinajstić information content (AvgIpc) is 2.46. The van der Waals surface area contributed by atoms with Gasteiger partial charge in [-0.05, 0) is 49.3 Å². The van der Waals surface area contributed by atoms with Crippen LogP contribution >= 0.6 is 12.4 Å². The molecule has 0 amide bonds. The molecule has 1 aromatic rings. The Bertz CT molecular complexity index is 550. The molecule has 0 aromatic heterocycles. The Kier molecular flexibility index (Phi) is 7.32. The van der Waals surface area contributed by atoms with Gasteiger partial charge in [0.1, 0.15) is 0 Å². The van der Waals surface area contributed by atoms with Gasteiger partial charge in [0.2, 0.25) is 10.0 Å². The van der Waals surface area contributed by atoms with E-state index in [0.29, 0.717) is 23.9 Å². The van der Waals surface area contributed by atoms with E-state index in [4.69, 9.17) is 5.73 Å². The first-order valence-electron chi connectivity index (χ1n) is 7.74. The maximum Gasteiger partial charge on any atom is 0.243 e. The lowest BCUT2D eigenvalue weighted by atomic mass is 10.0. The monoisotopic (exact) mass is 346 g/mol. The quantitative estimate of drug-likeness (QED) is 0.891. The minimum atomic E-state index is -3.36. The average molecular weight is 347 g/mol. The van der Waals surface area contributed by atoms with E-state index in [9.17, 15) is 8.42 Å². The Morgan fingerprint density at radius 1 is 1.18 bits per heavy atom. The Balaban J connectivity index is 0.00000242. The number of nitrogens with zero attached hydrogens (tertiary/aromatic N) is 1. The zero-order valence-corrected chi connectivity index (χ0v) is 15.0. The topological polar surface area (TPSA) is 63.4 Å². The summed E-state index contributed by atoms with van der Waals surface area (Å²) < 4.78 is 26.7. The summed E-state index contributed by atoms with van der Waals surface area (Å²) in [6.45, 7) is 5.44. The van der Waals surface area contributed by atoms with E-state index in [1.165, 1.54) is 5.56 Å². The second kappa shape index (κ2) is 8.29. The largest absolute Gasteiger partial charge is 0.328 e. The summed E-state index contributed by atoms with van der Waals surface area (Å²) in [4.78, 5) is 0.395. The molecule has 0 atom stereocenters. The minimum Gasteiger partial charge on any atom is -0.328 e. The minimum absolute atomic E-state index is 0. The van der Waals surface area contributed by atoms with Crippen molar-refractivity contribution < 1.29 is 8.42 Å². The van der Waals surface area contributed by atoms with E-state index in [1.807, 2.05) is 12.1 Å². The summed E-state index contributed by atoms with van der Waals surface area (Å²) in [5, 5.41) is 0. The molecule has 0 aliphatic carbocycles. The van der Waals surface area contributed by atoms with Crippen LogP contribution < -0.4 is 5.73 Å². The van der Waals surface area contributed by atoms with Crippen molar-refractivity contribution in [3.63, 3.8) is 0 Å². The molecule has 1 fully saturated rings. The highest BCUT2D eigenvalue weighted by atomic mass is 35.5. The molecule has 6 heteroatoms. The molecule has 1 heterocycles. The number of nitrogens with two attached hydrogens (primary N) is 1. The number of aryl methyl sites for hydroxylation is 1. The molecule has 1 saturated heterocycles. The van der Waals surface area contributed by atoms with Crippen LogP contribution in [0.2, 0.25) is 0 Å². The molecule has 1 aliphatic rings. The second-order valence-electron chi connectivity index (χ2n) is 6.32. The van der Waals surface area contributed by atoms with E-state index < -0.39 is 10.0 Å². The smallest absolute Gasteiger partial charge is 0.243 e. The Morgan fingerprint density at radius 2 is 1.73 bits per heavy atom. The molecule has 0 spiro atoms. The third-order valence-corrected chi connectivity index (χ3v) is 5.98. The maximum atomic E-state index is 12.6. The van der Waals surface area contributed by atoms with Crippen LogP contribution in [0, 0.1) is 5.92 Å². The van der Waals surface area contributed by atoms with Gasteiger partial charge < -0.3 is 5.73 Å². The molecule has 2 N–H and O–H groups in total. The highest BCUT2D eigenvalue weighted by Crippen LogP contribution is 2.21. The van der Waals surface area contributed by atoms with Crippen LogP contribution in [0.3, 0.4) is 0 Å². The third-order valence-electron chi connectivity index (χ3n) is 4.07. The van der Waals surface area contributed by atoms with Gasteiger partial charge in [0.15, 0.2) is 0 Å². The molecule has 0 radical (unpaired) electrons.